The van der Waals surface area contributed by atoms with Crippen molar-refractivity contribution in [3.05, 3.63) is 47.8 Å². The molecule has 12 heteroatoms. The van der Waals surface area contributed by atoms with E-state index in [-0.39, 0.29) is 23.5 Å². The van der Waals surface area contributed by atoms with Gasteiger partial charge in [-0.05, 0) is 42.0 Å². The molecule has 2 aromatic heterocycles. The lowest BCUT2D eigenvalue weighted by atomic mass is 9.98. The van der Waals surface area contributed by atoms with Gasteiger partial charge in [-0.3, -0.25) is 0 Å². The van der Waals surface area contributed by atoms with E-state index in [2.05, 4.69) is 26.2 Å². The predicted molar refractivity (Wildman–Crippen MR) is 128 cm³/mol. The molecule has 11 nitrogen and oxygen atoms in total. The number of urea groups is 1. The van der Waals surface area contributed by atoms with E-state index in [4.69, 9.17) is 19.0 Å². The van der Waals surface area contributed by atoms with E-state index >= 15 is 0 Å². The molecule has 0 spiro atoms. The van der Waals surface area contributed by atoms with Crippen LogP contribution in [0.4, 0.5) is 10.5 Å². The topological polar surface area (TPSA) is 140 Å². The Hall–Kier alpha value is -3.64. The van der Waals surface area contributed by atoms with Crippen LogP contribution >= 0.6 is 0 Å². The minimum absolute atomic E-state index is 0.0135. The van der Waals surface area contributed by atoms with Crippen molar-refractivity contribution in [3.8, 4) is 22.9 Å². The summed E-state index contributed by atoms with van der Waals surface area (Å²) in [5.41, 5.74) is 4.41. The molecule has 5 rings (SSSR count). The molecule has 0 bridgehead atoms. The molecule has 3 N–H and O–H groups in total. The summed E-state index contributed by atoms with van der Waals surface area (Å²) < 4.78 is 41.6. The van der Waals surface area contributed by atoms with Gasteiger partial charge in [-0.2, -0.15) is 5.10 Å². The fourth-order valence-electron chi connectivity index (χ4n) is 4.45. The highest BCUT2D eigenvalue weighted by atomic mass is 32.2. The van der Waals surface area contributed by atoms with E-state index in [0.29, 0.717) is 18.1 Å². The number of ether oxygens (including phenoxy) is 3. The fraction of sp³-hybridized carbons (Fsp3) is 0.348. The van der Waals surface area contributed by atoms with E-state index in [0.717, 1.165) is 41.5 Å². The molecular formula is C23H26N6O5S. The molecule has 0 saturated heterocycles. The smallest absolute Gasteiger partial charge is 0.331 e. The average molecular weight is 499 g/mol. The Bertz CT molecular complexity index is 1390. The third-order valence-electron chi connectivity index (χ3n) is 6.20. The van der Waals surface area contributed by atoms with Crippen molar-refractivity contribution in [2.75, 3.05) is 26.1 Å². The first-order valence-corrected chi connectivity index (χ1v) is 12.7. The van der Waals surface area contributed by atoms with Gasteiger partial charge in [0, 0.05) is 24.9 Å². The summed E-state index contributed by atoms with van der Waals surface area (Å²) in [6.07, 6.45) is 5.44. The SMILES string of the molecule is COc1cc(-c2ccc3c(c2NC(=O)NS(=N)(=O)c2cnn4c2OC[C@@H](OC)C4)CCC3)ccn1. The van der Waals surface area contributed by atoms with Crippen LogP contribution in [0.1, 0.15) is 17.5 Å². The normalized spacial score (nSPS) is 18.1. The molecule has 0 saturated carbocycles. The maximum Gasteiger partial charge on any atom is 0.331 e. The Labute approximate surface area is 202 Å². The van der Waals surface area contributed by atoms with E-state index in [9.17, 15) is 9.00 Å². The van der Waals surface area contributed by atoms with Crippen molar-refractivity contribution in [2.45, 2.75) is 36.8 Å². The number of amides is 2. The molecule has 184 valence electrons. The molecule has 3 heterocycles. The maximum absolute atomic E-state index is 13.3. The number of rotatable bonds is 6. The van der Waals surface area contributed by atoms with Crippen LogP contribution in [0.15, 0.2) is 41.6 Å². The summed E-state index contributed by atoms with van der Waals surface area (Å²) in [4.78, 5) is 17.2. The van der Waals surface area contributed by atoms with Crippen molar-refractivity contribution in [3.63, 3.8) is 0 Å². The number of pyridine rings is 1. The summed E-state index contributed by atoms with van der Waals surface area (Å²) >= 11 is 0. The van der Waals surface area contributed by atoms with Gasteiger partial charge in [-0.1, -0.05) is 12.1 Å². The van der Waals surface area contributed by atoms with Gasteiger partial charge in [0.1, 0.15) is 17.6 Å². The van der Waals surface area contributed by atoms with E-state index in [1.54, 1.807) is 26.5 Å². The first-order valence-electron chi connectivity index (χ1n) is 11.1. The van der Waals surface area contributed by atoms with Gasteiger partial charge >= 0.3 is 6.03 Å². The van der Waals surface area contributed by atoms with Gasteiger partial charge in [0.05, 0.1) is 25.5 Å². The summed E-state index contributed by atoms with van der Waals surface area (Å²) in [6, 6.07) is 6.88. The number of methoxy groups -OCH3 is 2. The highest BCUT2D eigenvalue weighted by Crippen LogP contribution is 2.38. The third kappa shape index (κ3) is 4.42. The molecule has 2 aliphatic rings. The van der Waals surface area contributed by atoms with Gasteiger partial charge in [-0.15, -0.1) is 0 Å². The van der Waals surface area contributed by atoms with Crippen LogP contribution in [0, 0.1) is 4.78 Å². The lowest BCUT2D eigenvalue weighted by Gasteiger charge is -2.23. The number of nitrogens with one attached hydrogen (secondary N) is 3. The second kappa shape index (κ2) is 9.19. The zero-order valence-corrected chi connectivity index (χ0v) is 20.2. The number of aryl methyl sites for hydroxylation is 1. The first-order chi connectivity index (χ1) is 16.9. The molecule has 2 atom stereocenters. The molecule has 3 aromatic rings. The van der Waals surface area contributed by atoms with Crippen LogP contribution in [0.5, 0.6) is 11.8 Å². The minimum atomic E-state index is -3.75. The molecule has 0 radical (unpaired) electrons. The molecule has 2 amide bonds. The molecule has 1 aliphatic heterocycles. The Kier molecular flexibility index (Phi) is 6.07. The number of hydrogen-bond donors (Lipinski definition) is 3. The molecule has 1 unspecified atom stereocenters. The summed E-state index contributed by atoms with van der Waals surface area (Å²) in [5.74, 6) is 0.651. The summed E-state index contributed by atoms with van der Waals surface area (Å²) in [5, 5.41) is 7.02. The minimum Gasteiger partial charge on any atom is -0.481 e. The number of hydrogen-bond acceptors (Lipinski definition) is 8. The number of aromatic nitrogens is 3. The number of carbonyl (C=O) groups is 1. The number of benzene rings is 1. The molecule has 35 heavy (non-hydrogen) atoms. The monoisotopic (exact) mass is 498 g/mol. The van der Waals surface area contributed by atoms with Crippen molar-refractivity contribution < 1.29 is 23.2 Å². The van der Waals surface area contributed by atoms with E-state index in [1.165, 1.54) is 10.9 Å². The van der Waals surface area contributed by atoms with Crippen LogP contribution in [0.25, 0.3) is 11.1 Å². The van der Waals surface area contributed by atoms with Crippen molar-refractivity contribution in [2.24, 2.45) is 0 Å². The van der Waals surface area contributed by atoms with Crippen LogP contribution in [-0.2, 0) is 34.0 Å². The fourth-order valence-corrected chi connectivity index (χ4v) is 5.48. The Morgan fingerprint density at radius 3 is 2.94 bits per heavy atom. The van der Waals surface area contributed by atoms with Crippen LogP contribution < -0.4 is 19.5 Å². The number of carbonyl (C=O) groups excluding carboxylic acids is 1. The van der Waals surface area contributed by atoms with E-state index in [1.807, 2.05) is 12.1 Å². The third-order valence-corrected chi connectivity index (χ3v) is 7.57. The second-order valence-electron chi connectivity index (χ2n) is 8.34. The zero-order chi connectivity index (χ0) is 24.6. The van der Waals surface area contributed by atoms with Crippen LogP contribution in [0.3, 0.4) is 0 Å². The largest absolute Gasteiger partial charge is 0.481 e. The maximum atomic E-state index is 13.3. The highest BCUT2D eigenvalue weighted by Gasteiger charge is 2.29. The second-order valence-corrected chi connectivity index (χ2v) is 10.1. The van der Waals surface area contributed by atoms with Crippen LogP contribution in [0.2, 0.25) is 0 Å². The van der Waals surface area contributed by atoms with Gasteiger partial charge in [0.25, 0.3) is 0 Å². The standard InChI is InChI=1S/C23H26N6O5S/c1-32-16-12-29-22(34-13-16)19(11-26-29)35(24,31)28-23(30)27-21-17-5-3-4-14(17)6-7-18(21)15-8-9-25-20(10-15)33-2/h6-11,16H,3-5,12-13H2,1-2H3,(H3,24,27,28,30,31)/t16-,35?/m0/s1. The van der Waals surface area contributed by atoms with Gasteiger partial charge in [0.2, 0.25) is 11.8 Å². The van der Waals surface area contributed by atoms with Crippen LogP contribution in [-0.4, -0.2) is 51.9 Å². The predicted octanol–water partition coefficient (Wildman–Crippen LogP) is 2.99. The number of nitrogens with zero attached hydrogens (tertiary/aromatic N) is 3. The molecular weight excluding hydrogens is 472 g/mol. The summed E-state index contributed by atoms with van der Waals surface area (Å²) in [6.45, 7) is 0.647. The Morgan fingerprint density at radius 2 is 2.14 bits per heavy atom. The Balaban J connectivity index is 1.43. The molecule has 1 aromatic carbocycles. The van der Waals surface area contributed by atoms with E-state index < -0.39 is 15.9 Å². The lowest BCUT2D eigenvalue weighted by molar-refractivity contribution is 0.0165. The van der Waals surface area contributed by atoms with Crippen molar-refractivity contribution in [1.29, 1.82) is 4.78 Å². The number of fused-ring (bicyclic) bond motifs is 2. The van der Waals surface area contributed by atoms with Gasteiger partial charge < -0.3 is 19.5 Å². The highest BCUT2D eigenvalue weighted by molar-refractivity contribution is 7.91. The number of anilines is 1. The lowest BCUT2D eigenvalue weighted by Crippen LogP contribution is -2.35. The van der Waals surface area contributed by atoms with Crippen molar-refractivity contribution >= 4 is 21.6 Å². The summed E-state index contributed by atoms with van der Waals surface area (Å²) in [7, 11) is -0.634. The Morgan fingerprint density at radius 1 is 1.29 bits per heavy atom. The van der Waals surface area contributed by atoms with Crippen molar-refractivity contribution in [1.82, 2.24) is 19.5 Å². The average Bonchev–Trinajstić information content (AvgIpc) is 3.51. The quantitative estimate of drug-likeness (QED) is 0.474. The van der Waals surface area contributed by atoms with Gasteiger partial charge in [-0.25, -0.2) is 28.2 Å². The first kappa shape index (κ1) is 23.1. The zero-order valence-electron chi connectivity index (χ0n) is 19.4. The molecule has 0 fully saturated rings. The van der Waals surface area contributed by atoms with Gasteiger partial charge in [0.15, 0.2) is 9.92 Å². The molecule has 1 aliphatic carbocycles.